The van der Waals surface area contributed by atoms with Crippen LogP contribution in [0.4, 0.5) is 0 Å². The number of rotatable bonds is 3. The van der Waals surface area contributed by atoms with E-state index in [1.165, 1.54) is 0 Å². The van der Waals surface area contributed by atoms with Crippen LogP contribution in [0, 0.1) is 0 Å². The number of ether oxygens (including phenoxy) is 1. The van der Waals surface area contributed by atoms with E-state index in [9.17, 15) is 4.79 Å². The maximum atomic E-state index is 11.6. The number of halogens is 1. The van der Waals surface area contributed by atoms with Crippen LogP contribution in [0.1, 0.15) is 21.8 Å². The molecule has 1 aromatic carbocycles. The average Bonchev–Trinajstić information content (AvgIpc) is 2.58. The summed E-state index contributed by atoms with van der Waals surface area (Å²) in [4.78, 5) is 11.6. The van der Waals surface area contributed by atoms with Gasteiger partial charge in [0, 0.05) is 24.3 Å². The van der Waals surface area contributed by atoms with Gasteiger partial charge in [-0.2, -0.15) is 0 Å². The number of benzene rings is 1. The molecule has 0 amide bonds. The third kappa shape index (κ3) is 2.00. The lowest BCUT2D eigenvalue weighted by molar-refractivity contribution is 0.0482. The fraction of sp³-hybridized carbons (Fsp3) is 0.300. The summed E-state index contributed by atoms with van der Waals surface area (Å²) in [5, 5.41) is 0. The highest BCUT2D eigenvalue weighted by atomic mass is 79.9. The second kappa shape index (κ2) is 4.80. The van der Waals surface area contributed by atoms with Crippen LogP contribution in [-0.2, 0) is 13.8 Å². The quantitative estimate of drug-likeness (QED) is 0.635. The zero-order chi connectivity index (χ0) is 11.7. The molecular formula is C10H10BrO4P. The molecule has 2 rings (SSSR count). The molecule has 1 aromatic rings. The normalized spacial score (nSPS) is 18.8. The third-order valence-corrected chi connectivity index (χ3v) is 4.25. The van der Waals surface area contributed by atoms with Gasteiger partial charge in [-0.1, -0.05) is 15.9 Å². The van der Waals surface area contributed by atoms with Gasteiger partial charge in [-0.3, -0.25) is 0 Å². The Bertz CT molecular complexity index is 419. The van der Waals surface area contributed by atoms with Crippen molar-refractivity contribution in [2.24, 2.45) is 0 Å². The van der Waals surface area contributed by atoms with Gasteiger partial charge in [0.1, 0.15) is 0 Å². The van der Waals surface area contributed by atoms with Gasteiger partial charge < -0.3 is 13.8 Å². The summed E-state index contributed by atoms with van der Waals surface area (Å²) in [6.07, 6.45) is 0. The standard InChI is InChI=1S/C10H10BrO4P/c1-13-16(14-2)10-8-5-6(11)3-4-7(8)9(12)15-10/h3-5,10H,1-2H3. The number of hydrogen-bond donors (Lipinski definition) is 0. The van der Waals surface area contributed by atoms with Gasteiger partial charge in [-0.05, 0) is 18.2 Å². The molecule has 86 valence electrons. The molecule has 0 saturated carbocycles. The van der Waals surface area contributed by atoms with Crippen molar-refractivity contribution in [1.82, 2.24) is 0 Å². The number of esters is 1. The van der Waals surface area contributed by atoms with E-state index in [1.54, 1.807) is 20.3 Å². The Hall–Kier alpha value is -0.480. The van der Waals surface area contributed by atoms with Gasteiger partial charge in [-0.15, -0.1) is 0 Å². The van der Waals surface area contributed by atoms with E-state index >= 15 is 0 Å². The first kappa shape index (κ1) is 12.0. The van der Waals surface area contributed by atoms with Gasteiger partial charge >= 0.3 is 5.97 Å². The van der Waals surface area contributed by atoms with E-state index in [0.29, 0.717) is 5.56 Å². The Morgan fingerprint density at radius 1 is 1.38 bits per heavy atom. The highest BCUT2D eigenvalue weighted by Gasteiger charge is 2.38. The van der Waals surface area contributed by atoms with Crippen molar-refractivity contribution < 1.29 is 18.6 Å². The highest BCUT2D eigenvalue weighted by Crippen LogP contribution is 2.56. The summed E-state index contributed by atoms with van der Waals surface area (Å²) >= 11 is 3.36. The van der Waals surface area contributed by atoms with Crippen molar-refractivity contribution in [3.05, 3.63) is 33.8 Å². The van der Waals surface area contributed by atoms with Gasteiger partial charge in [0.2, 0.25) is 8.38 Å². The zero-order valence-corrected chi connectivity index (χ0v) is 11.2. The molecule has 1 aliphatic rings. The van der Waals surface area contributed by atoms with Crippen LogP contribution in [0.3, 0.4) is 0 Å². The Labute approximate surface area is 103 Å². The van der Waals surface area contributed by atoms with Gasteiger partial charge in [0.05, 0.1) is 5.56 Å². The summed E-state index contributed by atoms with van der Waals surface area (Å²) < 4.78 is 16.5. The number of carbonyl (C=O) groups is 1. The summed E-state index contributed by atoms with van der Waals surface area (Å²) in [6.45, 7) is 0. The largest absolute Gasteiger partial charge is 0.444 e. The molecule has 16 heavy (non-hydrogen) atoms. The SMILES string of the molecule is COP(OC)C1OC(=O)c2ccc(Br)cc21. The Balaban J connectivity index is 2.41. The number of cyclic esters (lactones) is 1. The molecule has 0 aromatic heterocycles. The van der Waals surface area contributed by atoms with Crippen LogP contribution in [0.5, 0.6) is 0 Å². The fourth-order valence-electron chi connectivity index (χ4n) is 1.57. The summed E-state index contributed by atoms with van der Waals surface area (Å²) in [5.41, 5.74) is 1.39. The van der Waals surface area contributed by atoms with E-state index in [4.69, 9.17) is 13.8 Å². The molecule has 0 bridgehead atoms. The maximum absolute atomic E-state index is 11.6. The second-order valence-electron chi connectivity index (χ2n) is 3.14. The molecule has 4 nitrogen and oxygen atoms in total. The van der Waals surface area contributed by atoms with E-state index in [1.807, 2.05) is 12.1 Å². The molecule has 1 heterocycles. The van der Waals surface area contributed by atoms with E-state index in [-0.39, 0.29) is 5.97 Å². The lowest BCUT2D eigenvalue weighted by Crippen LogP contribution is -1.99. The summed E-state index contributed by atoms with van der Waals surface area (Å²) in [6, 6.07) is 5.41. The number of hydrogen-bond acceptors (Lipinski definition) is 4. The molecule has 6 heteroatoms. The Morgan fingerprint density at radius 2 is 2.06 bits per heavy atom. The van der Waals surface area contributed by atoms with Gasteiger partial charge in [0.25, 0.3) is 0 Å². The van der Waals surface area contributed by atoms with Crippen molar-refractivity contribution in [1.29, 1.82) is 0 Å². The molecule has 0 saturated heterocycles. The van der Waals surface area contributed by atoms with Gasteiger partial charge in [-0.25, -0.2) is 4.79 Å². The zero-order valence-electron chi connectivity index (χ0n) is 8.77. The fourth-order valence-corrected chi connectivity index (χ4v) is 3.11. The van der Waals surface area contributed by atoms with Crippen molar-refractivity contribution in [3.63, 3.8) is 0 Å². The molecule has 0 N–H and O–H groups in total. The van der Waals surface area contributed by atoms with Crippen LogP contribution in [-0.4, -0.2) is 20.2 Å². The third-order valence-electron chi connectivity index (χ3n) is 2.27. The minimum absolute atomic E-state index is 0.325. The average molecular weight is 305 g/mol. The summed E-state index contributed by atoms with van der Waals surface area (Å²) in [5.74, 6) is -0.765. The monoisotopic (exact) mass is 304 g/mol. The highest BCUT2D eigenvalue weighted by molar-refractivity contribution is 9.10. The van der Waals surface area contributed by atoms with Crippen LogP contribution in [0.25, 0.3) is 0 Å². The van der Waals surface area contributed by atoms with Crippen molar-refractivity contribution in [2.45, 2.75) is 5.85 Å². The van der Waals surface area contributed by atoms with Crippen LogP contribution >= 0.6 is 24.3 Å². The molecule has 1 atom stereocenters. The molecule has 0 aliphatic carbocycles. The first-order chi connectivity index (χ1) is 7.67. The minimum Gasteiger partial charge on any atom is -0.444 e. The topological polar surface area (TPSA) is 44.8 Å². The van der Waals surface area contributed by atoms with Crippen molar-refractivity contribution in [2.75, 3.05) is 14.2 Å². The van der Waals surface area contributed by atoms with E-state index in [2.05, 4.69) is 15.9 Å². The molecular weight excluding hydrogens is 295 g/mol. The van der Waals surface area contributed by atoms with Crippen molar-refractivity contribution >= 4 is 30.3 Å². The molecule has 0 fully saturated rings. The lowest BCUT2D eigenvalue weighted by atomic mass is 10.1. The van der Waals surface area contributed by atoms with Crippen LogP contribution < -0.4 is 0 Å². The minimum atomic E-state index is -1.25. The molecule has 0 radical (unpaired) electrons. The molecule has 1 aliphatic heterocycles. The predicted molar refractivity (Wildman–Crippen MR) is 63.2 cm³/mol. The number of fused-ring (bicyclic) bond motifs is 1. The Kier molecular flexibility index (Phi) is 3.60. The Morgan fingerprint density at radius 3 is 2.69 bits per heavy atom. The second-order valence-corrected chi connectivity index (χ2v) is 5.83. The van der Waals surface area contributed by atoms with Gasteiger partial charge in [0.15, 0.2) is 5.85 Å². The van der Waals surface area contributed by atoms with E-state index in [0.717, 1.165) is 10.0 Å². The first-order valence-corrected chi connectivity index (χ1v) is 6.59. The molecule has 0 spiro atoms. The maximum Gasteiger partial charge on any atom is 0.339 e. The first-order valence-electron chi connectivity index (χ1n) is 4.55. The lowest BCUT2D eigenvalue weighted by Gasteiger charge is -2.18. The van der Waals surface area contributed by atoms with Crippen LogP contribution in [0.2, 0.25) is 0 Å². The van der Waals surface area contributed by atoms with Crippen LogP contribution in [0.15, 0.2) is 22.7 Å². The predicted octanol–water partition coefficient (Wildman–Crippen LogP) is 3.22. The van der Waals surface area contributed by atoms with Crippen molar-refractivity contribution in [3.8, 4) is 0 Å². The summed E-state index contributed by atoms with van der Waals surface area (Å²) in [7, 11) is 1.83. The smallest absolute Gasteiger partial charge is 0.339 e. The number of carbonyl (C=O) groups excluding carboxylic acids is 1. The molecule has 1 unspecified atom stereocenters. The van der Waals surface area contributed by atoms with E-state index < -0.39 is 14.2 Å².